The van der Waals surface area contributed by atoms with Crippen LogP contribution in [0.4, 0.5) is 0 Å². The Labute approximate surface area is 229 Å². The van der Waals surface area contributed by atoms with Gasteiger partial charge in [0.15, 0.2) is 5.79 Å². The van der Waals surface area contributed by atoms with E-state index in [2.05, 4.69) is 30.3 Å². The number of rotatable bonds is 9. The minimum absolute atomic E-state index is 0. The second kappa shape index (κ2) is 15.6. The molecule has 0 aliphatic carbocycles. The Hall–Kier alpha value is -1.33. The van der Waals surface area contributed by atoms with Gasteiger partial charge < -0.3 is 25.1 Å². The van der Waals surface area contributed by atoms with Crippen molar-refractivity contribution in [2.45, 2.75) is 64.2 Å². The smallest absolute Gasteiger partial charge is 0.162 e. The summed E-state index contributed by atoms with van der Waals surface area (Å²) in [5, 5.41) is 17.1. The summed E-state index contributed by atoms with van der Waals surface area (Å²) in [6, 6.07) is 18.4. The minimum atomic E-state index is -0.754. The number of benzene rings is 2. The molecule has 0 bridgehead atoms. The van der Waals surface area contributed by atoms with E-state index in [0.29, 0.717) is 44.0 Å². The third kappa shape index (κ3) is 10.9. The first-order chi connectivity index (χ1) is 15.8. The van der Waals surface area contributed by atoms with E-state index >= 15 is 0 Å². The summed E-state index contributed by atoms with van der Waals surface area (Å²) in [5.74, 6) is 0.0196. The van der Waals surface area contributed by atoms with Gasteiger partial charge in [0.25, 0.3) is 0 Å². The zero-order chi connectivity index (χ0) is 24.2. The van der Waals surface area contributed by atoms with Gasteiger partial charge in [0.2, 0.25) is 0 Å². The van der Waals surface area contributed by atoms with Gasteiger partial charge >= 0.3 is 0 Å². The molecule has 1 aliphatic heterocycles. The van der Waals surface area contributed by atoms with Crippen LogP contribution in [0.3, 0.4) is 0 Å². The molecule has 2 aromatic rings. The summed E-state index contributed by atoms with van der Waals surface area (Å²) < 4.78 is 17.1. The summed E-state index contributed by atoms with van der Waals surface area (Å²) in [6.45, 7) is 6.98. The molecule has 6 nitrogen and oxygen atoms in total. The van der Waals surface area contributed by atoms with E-state index < -0.39 is 11.3 Å². The van der Waals surface area contributed by atoms with Crippen molar-refractivity contribution >= 4 is 0 Å². The van der Waals surface area contributed by atoms with Crippen LogP contribution in [0.2, 0.25) is 0 Å². The first-order valence-corrected chi connectivity index (χ1v) is 11.6. The van der Waals surface area contributed by atoms with Crippen LogP contribution in [-0.2, 0) is 55.0 Å². The Kier molecular flexibility index (Phi) is 14.1. The number of aliphatic hydroxyl groups is 1. The van der Waals surface area contributed by atoms with Gasteiger partial charge in [0.1, 0.15) is 11.8 Å². The molecule has 0 aromatic heterocycles. The number of hydrogen-bond acceptors (Lipinski definition) is 5. The zero-order valence-electron chi connectivity index (χ0n) is 20.7. The Morgan fingerprint density at radius 3 is 2.29 bits per heavy atom. The summed E-state index contributed by atoms with van der Waals surface area (Å²) in [6.07, 6.45) is 4.35. The predicted octanol–water partition coefficient (Wildman–Crippen LogP) is 5.46. The SMILES string of the molecule is CC1(C)OCC([NH-])(CCc2ccc(OCCCCc3ccccc3)c(C#N)c2)CO1.CCO.[Y]. The van der Waals surface area contributed by atoms with E-state index in [0.717, 1.165) is 24.8 Å². The molecule has 0 atom stereocenters. The number of nitrogens with zero attached hydrogens (tertiary/aromatic N) is 1. The molecule has 1 heterocycles. The monoisotopic (exact) mass is 542 g/mol. The molecular formula is C27H37N2O4Y-. The van der Waals surface area contributed by atoms with Gasteiger partial charge in [-0.05, 0) is 69.7 Å². The Bertz CT molecular complexity index is 874. The average Bonchev–Trinajstić information content (AvgIpc) is 2.81. The van der Waals surface area contributed by atoms with Crippen LogP contribution in [0.1, 0.15) is 56.7 Å². The third-order valence-electron chi connectivity index (χ3n) is 5.41. The molecular weight excluding hydrogens is 505 g/mol. The molecule has 1 aliphatic rings. The van der Waals surface area contributed by atoms with Crippen molar-refractivity contribution in [1.29, 1.82) is 5.26 Å². The largest absolute Gasteiger partial charge is 0.668 e. The van der Waals surface area contributed by atoms with E-state index in [9.17, 15) is 5.26 Å². The molecule has 0 spiro atoms. The molecule has 1 fully saturated rings. The molecule has 183 valence electrons. The van der Waals surface area contributed by atoms with Crippen molar-refractivity contribution in [2.75, 3.05) is 26.4 Å². The van der Waals surface area contributed by atoms with Crippen LogP contribution < -0.4 is 4.74 Å². The van der Waals surface area contributed by atoms with E-state index in [-0.39, 0.29) is 39.3 Å². The van der Waals surface area contributed by atoms with E-state index in [1.807, 2.05) is 38.1 Å². The Morgan fingerprint density at radius 1 is 1.03 bits per heavy atom. The molecule has 1 radical (unpaired) electrons. The van der Waals surface area contributed by atoms with Crippen molar-refractivity contribution < 1.29 is 52.0 Å². The third-order valence-corrected chi connectivity index (χ3v) is 5.41. The first-order valence-electron chi connectivity index (χ1n) is 11.6. The van der Waals surface area contributed by atoms with Crippen LogP contribution in [0.5, 0.6) is 5.75 Å². The predicted molar refractivity (Wildman–Crippen MR) is 130 cm³/mol. The van der Waals surface area contributed by atoms with Gasteiger partial charge in [-0.15, -0.1) is 0 Å². The number of nitriles is 1. The number of unbranched alkanes of at least 4 members (excludes halogenated alkanes) is 1. The van der Waals surface area contributed by atoms with Crippen LogP contribution in [0.15, 0.2) is 48.5 Å². The van der Waals surface area contributed by atoms with Crippen LogP contribution in [0.25, 0.3) is 5.73 Å². The van der Waals surface area contributed by atoms with E-state index in [4.69, 9.17) is 25.1 Å². The molecule has 0 unspecified atom stereocenters. The van der Waals surface area contributed by atoms with Crippen molar-refractivity contribution in [3.8, 4) is 11.8 Å². The molecule has 3 rings (SSSR count). The fraction of sp³-hybridized carbons (Fsp3) is 0.519. The minimum Gasteiger partial charge on any atom is -0.668 e. The van der Waals surface area contributed by atoms with Gasteiger partial charge in [-0.2, -0.15) is 5.26 Å². The number of hydrogen-bond donors (Lipinski definition) is 1. The quantitative estimate of drug-likeness (QED) is 0.425. The standard InChI is InChI=1S/C25H31N2O3.C2H6O.Y/c1-24(2)29-18-25(27,19-30-24)14-13-21-11-12-23(22(16-21)17-26)28-15-7-6-10-20-8-4-3-5-9-20;1-2-3;/h3-5,8-9,11-12,16,27H,6-7,10,13-15,18-19H2,1-2H3;3H,2H2,1H3;/q-1;;. The maximum Gasteiger partial charge on any atom is 0.162 e. The number of aliphatic hydroxyl groups excluding tert-OH is 1. The molecule has 1 saturated heterocycles. The van der Waals surface area contributed by atoms with Gasteiger partial charge in [-0.3, -0.25) is 0 Å². The molecule has 2 N–H and O–H groups in total. The van der Waals surface area contributed by atoms with Crippen molar-refractivity contribution in [3.63, 3.8) is 0 Å². The normalized spacial score (nSPS) is 15.8. The van der Waals surface area contributed by atoms with Crippen molar-refractivity contribution in [3.05, 3.63) is 71.0 Å². The second-order valence-electron chi connectivity index (χ2n) is 8.81. The zero-order valence-corrected chi connectivity index (χ0v) is 23.5. The maximum absolute atomic E-state index is 9.51. The molecule has 0 amide bonds. The summed E-state index contributed by atoms with van der Waals surface area (Å²) >= 11 is 0. The first kappa shape index (κ1) is 30.7. The van der Waals surface area contributed by atoms with Crippen LogP contribution in [0, 0.1) is 11.3 Å². The van der Waals surface area contributed by atoms with Gasteiger partial charge in [-0.25, -0.2) is 0 Å². The number of nitrogens with one attached hydrogen (secondary N) is 1. The van der Waals surface area contributed by atoms with E-state index in [1.54, 1.807) is 6.92 Å². The second-order valence-corrected chi connectivity index (χ2v) is 8.81. The van der Waals surface area contributed by atoms with Gasteiger partial charge in [0, 0.05) is 52.5 Å². The molecule has 0 saturated carbocycles. The van der Waals surface area contributed by atoms with Crippen LogP contribution >= 0.6 is 0 Å². The summed E-state index contributed by atoms with van der Waals surface area (Å²) in [7, 11) is 0. The van der Waals surface area contributed by atoms with Crippen molar-refractivity contribution in [1.82, 2.24) is 0 Å². The number of ether oxygens (including phenoxy) is 3. The summed E-state index contributed by atoms with van der Waals surface area (Å²) in [5.41, 5.74) is 10.7. The van der Waals surface area contributed by atoms with Gasteiger partial charge in [-0.1, -0.05) is 48.4 Å². The number of aryl methyl sites for hydroxylation is 2. The topological polar surface area (TPSA) is 95.5 Å². The van der Waals surface area contributed by atoms with Crippen molar-refractivity contribution in [2.24, 2.45) is 0 Å². The molecule has 2 aromatic carbocycles. The Morgan fingerprint density at radius 2 is 1.68 bits per heavy atom. The summed E-state index contributed by atoms with van der Waals surface area (Å²) in [4.78, 5) is 0. The van der Waals surface area contributed by atoms with Crippen LogP contribution in [-0.4, -0.2) is 42.9 Å². The Balaban J connectivity index is 0.00000137. The maximum atomic E-state index is 9.51. The van der Waals surface area contributed by atoms with E-state index in [1.165, 1.54) is 5.56 Å². The fourth-order valence-electron chi connectivity index (χ4n) is 3.44. The van der Waals surface area contributed by atoms with Gasteiger partial charge in [0.05, 0.1) is 12.2 Å². The fourth-order valence-corrected chi connectivity index (χ4v) is 3.44. The molecule has 7 heteroatoms. The average molecular weight is 543 g/mol. The molecule has 34 heavy (non-hydrogen) atoms.